The summed E-state index contributed by atoms with van der Waals surface area (Å²) >= 11 is 0. The van der Waals surface area contributed by atoms with Gasteiger partial charge in [-0.05, 0) is 246 Å². The van der Waals surface area contributed by atoms with Gasteiger partial charge in [0, 0.05) is 94.6 Å². The summed E-state index contributed by atoms with van der Waals surface area (Å²) < 4.78 is 25.6. The Bertz CT molecular complexity index is 4850. The summed E-state index contributed by atoms with van der Waals surface area (Å²) in [5.74, 6) is 2.06. The third-order valence-electron chi connectivity index (χ3n) is 20.6. The molecule has 2 aliphatic rings. The van der Waals surface area contributed by atoms with E-state index in [-0.39, 0.29) is 39.7 Å². The average molecular weight is 1400 g/mol. The van der Waals surface area contributed by atoms with Crippen LogP contribution >= 0.6 is 0 Å². The number of carbonyl (C=O) groups is 4. The fraction of sp³-hybridized carbons (Fsp3) is 0.289. The van der Waals surface area contributed by atoms with Crippen molar-refractivity contribution in [2.75, 3.05) is 30.0 Å². The second kappa shape index (κ2) is 30.9. The van der Waals surface area contributed by atoms with Crippen LogP contribution in [0.4, 0.5) is 48.5 Å². The molecule has 0 saturated heterocycles. The zero-order valence-corrected chi connectivity index (χ0v) is 61.6. The molecule has 13 rings (SSSR count). The fourth-order valence-corrected chi connectivity index (χ4v) is 16.6. The number of unbranched alkanes of at least 4 members (excludes halogenated alkanes) is 1. The number of aryl methyl sites for hydroxylation is 1. The molecule has 11 aromatic rings. The molecule has 4 N–H and O–H groups in total. The van der Waals surface area contributed by atoms with Crippen molar-refractivity contribution in [2.45, 2.75) is 125 Å². The smallest absolute Gasteiger partial charge is 0.412 e. The van der Waals surface area contributed by atoms with Crippen LogP contribution in [-0.4, -0.2) is 61.0 Å². The SMILES string of the molecule is CCCCn1c2ccc(-c3ccc(OC)cc3)cc2c2cc(-c3ccc(OC(=O)NC4CC(C)(C)CC(C)(CNC(=O)Oc5ccc(N(c6ccccc6)c6ccc(-c7ccc(N(c8ccccc8)c8ccc(OC(=O)NC9CC(C)(C)CC(C)(CNC(C)=O)C9)cc8)cc7)cc6)cc5)C4)cc3)ccc21. The van der Waals surface area contributed by atoms with Crippen molar-refractivity contribution in [2.24, 2.45) is 21.7 Å². The summed E-state index contributed by atoms with van der Waals surface area (Å²) in [5, 5.41) is 14.8. The number of nitrogens with one attached hydrogen (secondary N) is 4. The molecule has 10 aromatic carbocycles. The van der Waals surface area contributed by atoms with E-state index in [1.165, 1.54) is 28.7 Å². The van der Waals surface area contributed by atoms with Gasteiger partial charge in [0.25, 0.3) is 0 Å². The molecule has 0 bridgehead atoms. The maximum absolute atomic E-state index is 13.7. The molecular formula is C90H95N7O8. The Balaban J connectivity index is 0.616. The van der Waals surface area contributed by atoms with Gasteiger partial charge in [-0.15, -0.1) is 0 Å². The monoisotopic (exact) mass is 1400 g/mol. The normalized spacial score (nSPS) is 18.1. The van der Waals surface area contributed by atoms with Gasteiger partial charge in [0.15, 0.2) is 0 Å². The Hall–Kier alpha value is -11.3. The van der Waals surface area contributed by atoms with Gasteiger partial charge in [0.05, 0.1) is 7.11 Å². The van der Waals surface area contributed by atoms with Crippen LogP contribution in [0.2, 0.25) is 0 Å². The van der Waals surface area contributed by atoms with Gasteiger partial charge in [0.2, 0.25) is 5.91 Å². The van der Waals surface area contributed by atoms with Crippen molar-refractivity contribution in [3.63, 3.8) is 0 Å². The van der Waals surface area contributed by atoms with Crippen molar-refractivity contribution >= 4 is 80.1 Å². The number of ether oxygens (including phenoxy) is 4. The number of aromatic nitrogens is 1. The molecule has 2 fully saturated rings. The number of anilines is 6. The highest BCUT2D eigenvalue weighted by Gasteiger charge is 2.44. The maximum Gasteiger partial charge on any atom is 0.412 e. The number of nitrogens with zero attached hydrogens (tertiary/aromatic N) is 3. The summed E-state index contributed by atoms with van der Waals surface area (Å²) in [6, 6.07) is 81.4. The Morgan fingerprint density at radius 2 is 0.743 bits per heavy atom. The number of rotatable bonds is 22. The van der Waals surface area contributed by atoms with Gasteiger partial charge in [0.1, 0.15) is 23.0 Å². The molecule has 15 nitrogen and oxygen atoms in total. The van der Waals surface area contributed by atoms with Gasteiger partial charge in [-0.25, -0.2) is 14.4 Å². The van der Waals surface area contributed by atoms with Crippen molar-refractivity contribution in [3.8, 4) is 56.4 Å². The number of hydrogen-bond acceptors (Lipinski definition) is 10. The predicted molar refractivity (Wildman–Crippen MR) is 423 cm³/mol. The first-order valence-corrected chi connectivity index (χ1v) is 36.6. The Labute approximate surface area is 616 Å². The van der Waals surface area contributed by atoms with Gasteiger partial charge in [-0.3, -0.25) is 4.79 Å². The van der Waals surface area contributed by atoms with Gasteiger partial charge >= 0.3 is 18.3 Å². The lowest BCUT2D eigenvalue weighted by Gasteiger charge is -2.46. The second-order valence-corrected chi connectivity index (χ2v) is 30.9. The van der Waals surface area contributed by atoms with Crippen LogP contribution in [-0.2, 0) is 11.3 Å². The lowest BCUT2D eigenvalue weighted by Crippen LogP contribution is -2.51. The number of carbonyl (C=O) groups excluding carboxylic acids is 4. The molecule has 0 spiro atoms. The van der Waals surface area contributed by atoms with Crippen LogP contribution in [0.15, 0.2) is 243 Å². The topological polar surface area (TPSA) is 165 Å². The van der Waals surface area contributed by atoms with Crippen molar-refractivity contribution in [3.05, 3.63) is 243 Å². The second-order valence-electron chi connectivity index (χ2n) is 30.9. The molecule has 0 aliphatic heterocycles. The van der Waals surface area contributed by atoms with Crippen LogP contribution in [0.3, 0.4) is 0 Å². The molecule has 2 saturated carbocycles. The molecular weight excluding hydrogens is 1310 g/mol. The number of benzene rings is 10. The summed E-state index contributed by atoms with van der Waals surface area (Å²) in [5.41, 5.74) is 13.8. The Kier molecular flexibility index (Phi) is 21.2. The molecule has 0 radical (unpaired) electrons. The molecule has 4 atom stereocenters. The van der Waals surface area contributed by atoms with E-state index in [0.717, 1.165) is 125 Å². The van der Waals surface area contributed by atoms with E-state index < -0.39 is 18.3 Å². The highest BCUT2D eigenvalue weighted by atomic mass is 16.6. The van der Waals surface area contributed by atoms with Gasteiger partial charge < -0.3 is 54.6 Å². The van der Waals surface area contributed by atoms with Crippen molar-refractivity contribution < 1.29 is 38.1 Å². The van der Waals surface area contributed by atoms with Crippen molar-refractivity contribution in [1.29, 1.82) is 0 Å². The standard InChI is InChI=1S/C90H95N7O8/c1-10-11-50-95-82-48-30-66(64-26-40-76(102-9)41-27-64)51-80(82)81-52-67(31-49-83(81)95)65-28-42-77(43-29-65)104-85(100)94-69-54-88(5,6)58-90(8,56-69)60-92-84(99)103-78-44-36-74(37-45-78)96(70-18-14-12-15-19-70)72-32-22-62(23-33-72)63-24-34-73(35-25-63)97(71-20-16-13-17-21-71)75-38-46-79(47-39-75)105-86(101)93-68-53-87(3,4)57-89(7,55-68)59-91-61(2)98/h12-49,51-52,68-69H,10-11,50,53-60H2,1-9H3,(H,91,98)(H,92,99)(H,93,101)(H,94,100). The lowest BCUT2D eigenvalue weighted by atomic mass is 9.62. The maximum atomic E-state index is 13.7. The fourth-order valence-electron chi connectivity index (χ4n) is 16.6. The lowest BCUT2D eigenvalue weighted by molar-refractivity contribution is -0.119. The molecule has 4 amide bonds. The van der Waals surface area contributed by atoms with E-state index in [1.54, 1.807) is 7.11 Å². The Morgan fingerprint density at radius 1 is 0.410 bits per heavy atom. The zero-order valence-electron chi connectivity index (χ0n) is 61.6. The van der Waals surface area contributed by atoms with E-state index in [9.17, 15) is 19.2 Å². The Morgan fingerprint density at radius 3 is 1.13 bits per heavy atom. The summed E-state index contributed by atoms with van der Waals surface area (Å²) in [7, 11) is 1.69. The van der Waals surface area contributed by atoms with Crippen LogP contribution < -0.4 is 50.0 Å². The molecule has 15 heteroatoms. The number of para-hydroxylation sites is 2. The number of methoxy groups -OCH3 is 1. The summed E-state index contributed by atoms with van der Waals surface area (Å²) in [6.07, 6.45) is 5.33. The third kappa shape index (κ3) is 17.5. The number of hydrogen-bond donors (Lipinski definition) is 4. The zero-order chi connectivity index (χ0) is 73.5. The van der Waals surface area contributed by atoms with Crippen LogP contribution in [0.25, 0.3) is 55.2 Å². The van der Waals surface area contributed by atoms with Crippen molar-refractivity contribution in [1.82, 2.24) is 25.8 Å². The quantitative estimate of drug-likeness (QED) is 0.0513. The largest absolute Gasteiger partial charge is 0.497 e. The minimum Gasteiger partial charge on any atom is -0.497 e. The highest BCUT2D eigenvalue weighted by Crippen LogP contribution is 2.48. The first kappa shape index (κ1) is 72.0. The minimum atomic E-state index is -0.555. The summed E-state index contributed by atoms with van der Waals surface area (Å²) in [6.45, 7) is 18.8. The van der Waals surface area contributed by atoms with E-state index in [4.69, 9.17) is 18.9 Å². The van der Waals surface area contributed by atoms with Gasteiger partial charge in [-0.1, -0.05) is 152 Å². The minimum absolute atomic E-state index is 0.0206. The third-order valence-corrected chi connectivity index (χ3v) is 20.6. The van der Waals surface area contributed by atoms with Gasteiger partial charge in [-0.2, -0.15) is 0 Å². The molecule has 1 aromatic heterocycles. The average Bonchev–Trinajstić information content (AvgIpc) is 1.60. The number of fused-ring (bicyclic) bond motifs is 3. The van der Waals surface area contributed by atoms with E-state index in [0.29, 0.717) is 36.8 Å². The molecule has 105 heavy (non-hydrogen) atoms. The van der Waals surface area contributed by atoms with Crippen LogP contribution in [0.5, 0.6) is 23.0 Å². The van der Waals surface area contributed by atoms with E-state index in [2.05, 4.69) is 205 Å². The van der Waals surface area contributed by atoms with Crippen LogP contribution in [0, 0.1) is 21.7 Å². The number of amides is 4. The summed E-state index contributed by atoms with van der Waals surface area (Å²) in [4.78, 5) is 56.8. The van der Waals surface area contributed by atoms with E-state index >= 15 is 0 Å². The first-order valence-electron chi connectivity index (χ1n) is 36.6. The predicted octanol–water partition coefficient (Wildman–Crippen LogP) is 21.8. The molecule has 4 unspecified atom stereocenters. The van der Waals surface area contributed by atoms with E-state index in [1.807, 2.05) is 121 Å². The highest BCUT2D eigenvalue weighted by molar-refractivity contribution is 6.10. The molecule has 1 heterocycles. The van der Waals surface area contributed by atoms with Crippen LogP contribution in [0.1, 0.15) is 107 Å². The molecule has 2 aliphatic carbocycles. The first-order chi connectivity index (χ1) is 50.5. The molecule has 538 valence electrons.